The lowest BCUT2D eigenvalue weighted by molar-refractivity contribution is 0.373. The molecule has 1 aliphatic rings. The molecule has 0 amide bonds. The van der Waals surface area contributed by atoms with E-state index in [1.54, 1.807) is 48.5 Å². The highest BCUT2D eigenvalue weighted by Gasteiger charge is 2.36. The number of nitrogens with one attached hydrogen (secondary N) is 1. The maximum absolute atomic E-state index is 12.8. The van der Waals surface area contributed by atoms with Crippen molar-refractivity contribution in [2.45, 2.75) is 43.0 Å². The van der Waals surface area contributed by atoms with Gasteiger partial charge in [-0.3, -0.25) is 4.72 Å². The van der Waals surface area contributed by atoms with Gasteiger partial charge in [-0.2, -0.15) is 4.98 Å². The predicted octanol–water partition coefficient (Wildman–Crippen LogP) is 4.00. The summed E-state index contributed by atoms with van der Waals surface area (Å²) in [4.78, 5) is 4.66. The first-order chi connectivity index (χ1) is 13.4. The second kappa shape index (κ2) is 8.14. The molecule has 9 heteroatoms. The lowest BCUT2D eigenvalue weighted by Crippen LogP contribution is -2.34. The minimum Gasteiger partial charge on any atom is -0.334 e. The molecule has 3 aromatic rings. The Kier molecular flexibility index (Phi) is 5.97. The summed E-state index contributed by atoms with van der Waals surface area (Å²) in [7, 11) is -3.75. The largest absolute Gasteiger partial charge is 0.334 e. The maximum Gasteiger partial charge on any atom is 0.261 e. The van der Waals surface area contributed by atoms with Crippen molar-refractivity contribution in [3.63, 3.8) is 0 Å². The maximum atomic E-state index is 12.8. The van der Waals surface area contributed by atoms with Crippen LogP contribution >= 0.6 is 12.4 Å². The molecule has 0 unspecified atom stereocenters. The van der Waals surface area contributed by atoms with Gasteiger partial charge in [0.2, 0.25) is 0 Å². The summed E-state index contributed by atoms with van der Waals surface area (Å²) in [6.45, 7) is 1.90. The monoisotopic (exact) mass is 434 g/mol. The minimum atomic E-state index is -3.75. The zero-order chi connectivity index (χ0) is 19.8. The summed E-state index contributed by atoms with van der Waals surface area (Å²) in [5, 5.41) is 4.06. The Labute approximate surface area is 176 Å². The quantitative estimate of drug-likeness (QED) is 0.627. The number of para-hydroxylation sites is 1. The molecule has 4 rings (SSSR count). The van der Waals surface area contributed by atoms with Gasteiger partial charge >= 0.3 is 0 Å². The van der Waals surface area contributed by atoms with E-state index in [0.717, 1.165) is 31.2 Å². The zero-order valence-corrected chi connectivity index (χ0v) is 17.6. The Morgan fingerprint density at radius 2 is 1.72 bits per heavy atom. The molecule has 1 fully saturated rings. The van der Waals surface area contributed by atoms with E-state index in [-0.39, 0.29) is 23.2 Å². The zero-order valence-electron chi connectivity index (χ0n) is 16.0. The van der Waals surface area contributed by atoms with Crippen LogP contribution in [0.3, 0.4) is 0 Å². The van der Waals surface area contributed by atoms with Crippen LogP contribution in [0.2, 0.25) is 0 Å². The summed E-state index contributed by atoms with van der Waals surface area (Å²) in [6.07, 6.45) is 3.70. The smallest absolute Gasteiger partial charge is 0.261 e. The first-order valence-electron chi connectivity index (χ1n) is 9.19. The third-order valence-corrected chi connectivity index (χ3v) is 6.48. The first kappa shape index (κ1) is 21.3. The fourth-order valence-corrected chi connectivity index (χ4v) is 4.52. The van der Waals surface area contributed by atoms with Crippen LogP contribution in [-0.4, -0.2) is 18.6 Å². The Morgan fingerprint density at radius 1 is 1.07 bits per heavy atom. The van der Waals surface area contributed by atoms with Crippen LogP contribution in [-0.2, 0) is 15.6 Å². The average molecular weight is 435 g/mol. The van der Waals surface area contributed by atoms with Crippen LogP contribution < -0.4 is 10.5 Å². The third-order valence-electron chi connectivity index (χ3n) is 5.10. The molecule has 0 bridgehead atoms. The summed E-state index contributed by atoms with van der Waals surface area (Å²) in [5.74, 6) is 0.713. The Balaban J connectivity index is 0.00000240. The number of benzene rings is 2. The normalized spacial score (nSPS) is 15.7. The standard InChI is InChI=1S/C20H22N4O3S.ClH/c1-14-8-10-15(11-9-14)28(25,26)24-17-7-3-2-6-16(17)18-22-19(23-27-18)20(21)12-4-5-13-20;/h2-3,6-11,24H,4-5,12-13,21H2,1H3;1H. The van der Waals surface area contributed by atoms with Gasteiger partial charge in [0.25, 0.3) is 15.9 Å². The van der Waals surface area contributed by atoms with Gasteiger partial charge < -0.3 is 10.3 Å². The lowest BCUT2D eigenvalue weighted by atomic mass is 9.98. The van der Waals surface area contributed by atoms with Crippen LogP contribution in [0.25, 0.3) is 11.5 Å². The van der Waals surface area contributed by atoms with Gasteiger partial charge in [0.15, 0.2) is 5.82 Å². The van der Waals surface area contributed by atoms with Crippen LogP contribution in [0.4, 0.5) is 5.69 Å². The molecule has 154 valence electrons. The first-order valence-corrected chi connectivity index (χ1v) is 10.7. The van der Waals surface area contributed by atoms with Crippen LogP contribution in [0.1, 0.15) is 37.1 Å². The SMILES string of the molecule is Cc1ccc(S(=O)(=O)Nc2ccccc2-c2nc(C3(N)CCCC3)no2)cc1.Cl. The molecule has 7 nitrogen and oxygen atoms in total. The van der Waals surface area contributed by atoms with Crippen LogP contribution in [0.5, 0.6) is 0 Å². The van der Waals surface area contributed by atoms with Crippen molar-refractivity contribution >= 4 is 28.1 Å². The van der Waals surface area contributed by atoms with Crippen molar-refractivity contribution in [3.05, 3.63) is 59.9 Å². The Bertz CT molecular complexity index is 1090. The molecule has 0 atom stereocenters. The van der Waals surface area contributed by atoms with E-state index < -0.39 is 15.6 Å². The predicted molar refractivity (Wildman–Crippen MR) is 113 cm³/mol. The molecule has 1 aromatic heterocycles. The average Bonchev–Trinajstić information content (AvgIpc) is 3.32. The number of nitrogens with zero attached hydrogens (tertiary/aromatic N) is 2. The van der Waals surface area contributed by atoms with Gasteiger partial charge in [-0.25, -0.2) is 8.42 Å². The van der Waals surface area contributed by atoms with Gasteiger partial charge in [-0.15, -0.1) is 12.4 Å². The number of nitrogens with two attached hydrogens (primary N) is 1. The summed E-state index contributed by atoms with van der Waals surface area (Å²) in [5.41, 5.74) is 7.70. The van der Waals surface area contributed by atoms with Gasteiger partial charge in [0.1, 0.15) is 0 Å². The van der Waals surface area contributed by atoms with E-state index in [9.17, 15) is 8.42 Å². The molecular weight excluding hydrogens is 412 g/mol. The van der Waals surface area contributed by atoms with E-state index in [2.05, 4.69) is 14.9 Å². The number of hydrogen-bond donors (Lipinski definition) is 2. The molecule has 1 saturated carbocycles. The van der Waals surface area contributed by atoms with Gasteiger partial charge in [0.05, 0.1) is 21.7 Å². The highest BCUT2D eigenvalue weighted by atomic mass is 35.5. The highest BCUT2D eigenvalue weighted by molar-refractivity contribution is 7.92. The van der Waals surface area contributed by atoms with Gasteiger partial charge in [-0.05, 0) is 44.0 Å². The molecule has 0 saturated heterocycles. The van der Waals surface area contributed by atoms with Crippen molar-refractivity contribution in [2.24, 2.45) is 5.73 Å². The second-order valence-electron chi connectivity index (χ2n) is 7.25. The second-order valence-corrected chi connectivity index (χ2v) is 8.93. The molecule has 0 spiro atoms. The fourth-order valence-electron chi connectivity index (χ4n) is 3.44. The van der Waals surface area contributed by atoms with Gasteiger partial charge in [-0.1, -0.05) is 47.8 Å². The molecule has 1 aliphatic carbocycles. The molecule has 2 aromatic carbocycles. The number of aryl methyl sites for hydroxylation is 1. The molecular formula is C20H23ClN4O3S. The van der Waals surface area contributed by atoms with E-state index in [4.69, 9.17) is 10.3 Å². The Morgan fingerprint density at radius 3 is 2.41 bits per heavy atom. The molecule has 3 N–H and O–H groups in total. The topological polar surface area (TPSA) is 111 Å². The number of aromatic nitrogens is 2. The summed E-state index contributed by atoms with van der Waals surface area (Å²) < 4.78 is 33.6. The van der Waals surface area contributed by atoms with Crippen molar-refractivity contribution in [3.8, 4) is 11.5 Å². The Hall–Kier alpha value is -2.42. The number of sulfonamides is 1. The van der Waals surface area contributed by atoms with Crippen molar-refractivity contribution in [1.82, 2.24) is 10.1 Å². The fraction of sp³-hybridized carbons (Fsp3) is 0.300. The van der Waals surface area contributed by atoms with Gasteiger partial charge in [0, 0.05) is 0 Å². The van der Waals surface area contributed by atoms with E-state index >= 15 is 0 Å². The lowest BCUT2D eigenvalue weighted by Gasteiger charge is -2.17. The number of hydrogen-bond acceptors (Lipinski definition) is 6. The number of halogens is 1. The molecule has 1 heterocycles. The van der Waals surface area contributed by atoms with E-state index in [0.29, 0.717) is 17.1 Å². The summed E-state index contributed by atoms with van der Waals surface area (Å²) >= 11 is 0. The van der Waals surface area contributed by atoms with E-state index in [1.165, 1.54) is 0 Å². The number of anilines is 1. The third kappa shape index (κ3) is 4.29. The molecule has 0 aliphatic heterocycles. The minimum absolute atomic E-state index is 0. The van der Waals surface area contributed by atoms with Crippen LogP contribution in [0.15, 0.2) is 57.9 Å². The van der Waals surface area contributed by atoms with E-state index in [1.807, 2.05) is 6.92 Å². The highest BCUT2D eigenvalue weighted by Crippen LogP contribution is 2.36. The summed E-state index contributed by atoms with van der Waals surface area (Å²) in [6, 6.07) is 13.6. The number of rotatable bonds is 5. The van der Waals surface area contributed by atoms with Crippen molar-refractivity contribution in [2.75, 3.05) is 4.72 Å². The molecule has 29 heavy (non-hydrogen) atoms. The molecule has 0 radical (unpaired) electrons. The van der Waals surface area contributed by atoms with Crippen molar-refractivity contribution in [1.29, 1.82) is 0 Å². The van der Waals surface area contributed by atoms with Crippen molar-refractivity contribution < 1.29 is 12.9 Å². The van der Waals surface area contributed by atoms with Crippen LogP contribution in [0, 0.1) is 6.92 Å².